The van der Waals surface area contributed by atoms with Crippen LogP contribution in [0, 0.1) is 24.7 Å². The van der Waals surface area contributed by atoms with Gasteiger partial charge in [0.05, 0.1) is 0 Å². The van der Waals surface area contributed by atoms with Gasteiger partial charge in [0.15, 0.2) is 0 Å². The molecule has 0 spiro atoms. The molecule has 17 heavy (non-hydrogen) atoms. The Bertz CT molecular complexity index is 388. The summed E-state index contributed by atoms with van der Waals surface area (Å²) in [5.74, 6) is 3.05. The maximum Gasteiger partial charge on any atom is 0.0300 e. The van der Waals surface area contributed by atoms with Gasteiger partial charge in [-0.25, -0.2) is 0 Å². The van der Waals surface area contributed by atoms with Crippen molar-refractivity contribution in [1.82, 2.24) is 10.3 Å². The Balaban J connectivity index is 1.48. The number of fused-ring (bicyclic) bond motifs is 2. The molecule has 2 nitrogen and oxygen atoms in total. The molecule has 1 N–H and O–H groups in total. The maximum atomic E-state index is 4.13. The Morgan fingerprint density at radius 2 is 2.29 bits per heavy atom. The summed E-state index contributed by atoms with van der Waals surface area (Å²) in [6.45, 7) is 4.35. The highest BCUT2D eigenvalue weighted by Gasteiger charge is 2.38. The molecule has 0 aliphatic heterocycles. The van der Waals surface area contributed by atoms with E-state index in [1.807, 2.05) is 12.4 Å². The molecule has 0 saturated heterocycles. The highest BCUT2D eigenvalue weighted by atomic mass is 14.9. The number of nitrogens with zero attached hydrogens (tertiary/aromatic N) is 1. The SMILES string of the molecule is Cc1cnccc1CNCC1CC2CCC1C2. The molecule has 3 unspecified atom stereocenters. The van der Waals surface area contributed by atoms with E-state index in [4.69, 9.17) is 0 Å². The zero-order valence-electron chi connectivity index (χ0n) is 10.7. The van der Waals surface area contributed by atoms with Gasteiger partial charge in [-0.05, 0) is 67.7 Å². The summed E-state index contributed by atoms with van der Waals surface area (Å²) in [7, 11) is 0. The van der Waals surface area contributed by atoms with Gasteiger partial charge < -0.3 is 5.32 Å². The van der Waals surface area contributed by atoms with E-state index in [9.17, 15) is 0 Å². The maximum absolute atomic E-state index is 4.13. The number of aryl methyl sites for hydroxylation is 1. The van der Waals surface area contributed by atoms with Crippen LogP contribution in [0.5, 0.6) is 0 Å². The predicted octanol–water partition coefficient (Wildman–Crippen LogP) is 2.92. The molecule has 0 radical (unpaired) electrons. The van der Waals surface area contributed by atoms with Crippen LogP contribution in [0.3, 0.4) is 0 Å². The smallest absolute Gasteiger partial charge is 0.0300 e. The van der Waals surface area contributed by atoms with E-state index in [1.165, 1.54) is 43.4 Å². The van der Waals surface area contributed by atoms with Gasteiger partial charge in [0.2, 0.25) is 0 Å². The molecule has 2 aliphatic rings. The van der Waals surface area contributed by atoms with Crippen molar-refractivity contribution >= 4 is 0 Å². The summed E-state index contributed by atoms with van der Waals surface area (Å²) >= 11 is 0. The lowest BCUT2D eigenvalue weighted by molar-refractivity contribution is 0.318. The molecule has 2 heteroatoms. The van der Waals surface area contributed by atoms with Crippen molar-refractivity contribution in [2.24, 2.45) is 17.8 Å². The summed E-state index contributed by atoms with van der Waals surface area (Å²) in [6, 6.07) is 2.13. The van der Waals surface area contributed by atoms with Crippen LogP contribution in [0.25, 0.3) is 0 Å². The molecule has 2 aliphatic carbocycles. The molecular formula is C15H22N2. The first kappa shape index (κ1) is 11.2. The van der Waals surface area contributed by atoms with Crippen LogP contribution in [-0.2, 0) is 6.54 Å². The molecule has 2 fully saturated rings. The van der Waals surface area contributed by atoms with E-state index >= 15 is 0 Å². The first-order valence-electron chi connectivity index (χ1n) is 6.93. The Labute approximate surface area is 104 Å². The highest BCUT2D eigenvalue weighted by Crippen LogP contribution is 2.47. The van der Waals surface area contributed by atoms with E-state index in [1.54, 1.807) is 0 Å². The second-order valence-electron chi connectivity index (χ2n) is 5.87. The van der Waals surface area contributed by atoms with E-state index in [0.29, 0.717) is 0 Å². The van der Waals surface area contributed by atoms with Gasteiger partial charge in [-0.15, -0.1) is 0 Å². The first-order valence-corrected chi connectivity index (χ1v) is 6.93. The fourth-order valence-corrected chi connectivity index (χ4v) is 3.72. The van der Waals surface area contributed by atoms with Gasteiger partial charge in [-0.1, -0.05) is 6.42 Å². The zero-order valence-corrected chi connectivity index (χ0v) is 10.7. The molecular weight excluding hydrogens is 208 g/mol. The van der Waals surface area contributed by atoms with Crippen LogP contribution < -0.4 is 5.32 Å². The van der Waals surface area contributed by atoms with Crippen molar-refractivity contribution in [2.45, 2.75) is 39.2 Å². The molecule has 1 aromatic rings. The fraction of sp³-hybridized carbons (Fsp3) is 0.667. The van der Waals surface area contributed by atoms with E-state index in [0.717, 1.165) is 24.3 Å². The topological polar surface area (TPSA) is 24.9 Å². The summed E-state index contributed by atoms with van der Waals surface area (Å²) < 4.78 is 0. The molecule has 3 atom stereocenters. The third kappa shape index (κ3) is 2.37. The van der Waals surface area contributed by atoms with Crippen molar-refractivity contribution in [2.75, 3.05) is 6.54 Å². The molecule has 0 aromatic carbocycles. The summed E-state index contributed by atoms with van der Waals surface area (Å²) in [6.07, 6.45) is 9.83. The number of pyridine rings is 1. The van der Waals surface area contributed by atoms with Crippen molar-refractivity contribution in [3.63, 3.8) is 0 Å². The lowest BCUT2D eigenvalue weighted by Gasteiger charge is -2.22. The number of hydrogen-bond donors (Lipinski definition) is 1. The second-order valence-corrected chi connectivity index (χ2v) is 5.87. The number of rotatable bonds is 4. The van der Waals surface area contributed by atoms with Crippen molar-refractivity contribution in [3.8, 4) is 0 Å². The van der Waals surface area contributed by atoms with Crippen molar-refractivity contribution in [3.05, 3.63) is 29.6 Å². The number of nitrogens with one attached hydrogen (secondary N) is 1. The highest BCUT2D eigenvalue weighted by molar-refractivity contribution is 5.21. The standard InChI is InChI=1S/C15H22N2/c1-11-8-16-5-4-14(11)9-17-10-15-7-12-2-3-13(15)6-12/h4-5,8,12-13,15,17H,2-3,6-7,9-10H2,1H3. The van der Waals surface area contributed by atoms with Gasteiger partial charge in [-0.2, -0.15) is 0 Å². The summed E-state index contributed by atoms with van der Waals surface area (Å²) in [5, 5.41) is 3.64. The zero-order chi connectivity index (χ0) is 11.7. The van der Waals surface area contributed by atoms with Crippen LogP contribution in [0.15, 0.2) is 18.5 Å². The van der Waals surface area contributed by atoms with Gasteiger partial charge in [0, 0.05) is 18.9 Å². The molecule has 1 heterocycles. The van der Waals surface area contributed by atoms with Crippen molar-refractivity contribution in [1.29, 1.82) is 0 Å². The van der Waals surface area contributed by atoms with Crippen LogP contribution in [0.1, 0.15) is 36.8 Å². The van der Waals surface area contributed by atoms with Gasteiger partial charge in [-0.3, -0.25) is 4.98 Å². The number of hydrogen-bond acceptors (Lipinski definition) is 2. The van der Waals surface area contributed by atoms with Gasteiger partial charge in [0.25, 0.3) is 0 Å². The molecule has 92 valence electrons. The lowest BCUT2D eigenvalue weighted by Crippen LogP contribution is -2.26. The normalized spacial score (nSPS) is 31.0. The van der Waals surface area contributed by atoms with E-state index in [-0.39, 0.29) is 0 Å². The summed E-state index contributed by atoms with van der Waals surface area (Å²) in [4.78, 5) is 4.13. The average molecular weight is 230 g/mol. The van der Waals surface area contributed by atoms with Crippen LogP contribution in [-0.4, -0.2) is 11.5 Å². The van der Waals surface area contributed by atoms with Gasteiger partial charge in [0.1, 0.15) is 0 Å². The third-order valence-electron chi connectivity index (χ3n) is 4.74. The molecule has 3 rings (SSSR count). The van der Waals surface area contributed by atoms with Crippen LogP contribution in [0.4, 0.5) is 0 Å². The second kappa shape index (κ2) is 4.77. The molecule has 1 aromatic heterocycles. The monoisotopic (exact) mass is 230 g/mol. The largest absolute Gasteiger partial charge is 0.312 e. The fourth-order valence-electron chi connectivity index (χ4n) is 3.72. The average Bonchev–Trinajstić information content (AvgIpc) is 2.94. The minimum atomic E-state index is 0.955. The predicted molar refractivity (Wildman–Crippen MR) is 69.6 cm³/mol. The molecule has 2 saturated carbocycles. The Hall–Kier alpha value is -0.890. The van der Waals surface area contributed by atoms with Crippen LogP contribution >= 0.6 is 0 Å². The quantitative estimate of drug-likeness (QED) is 0.860. The molecule has 2 bridgehead atoms. The Morgan fingerprint density at radius 1 is 1.35 bits per heavy atom. The van der Waals surface area contributed by atoms with Crippen molar-refractivity contribution < 1.29 is 0 Å². The van der Waals surface area contributed by atoms with Crippen LogP contribution in [0.2, 0.25) is 0 Å². The minimum absolute atomic E-state index is 0.955. The lowest BCUT2D eigenvalue weighted by atomic mass is 9.89. The summed E-state index contributed by atoms with van der Waals surface area (Å²) in [5.41, 5.74) is 2.69. The van der Waals surface area contributed by atoms with Gasteiger partial charge >= 0.3 is 0 Å². The third-order valence-corrected chi connectivity index (χ3v) is 4.74. The van der Waals surface area contributed by atoms with E-state index < -0.39 is 0 Å². The minimum Gasteiger partial charge on any atom is -0.312 e. The number of aromatic nitrogens is 1. The Morgan fingerprint density at radius 3 is 3.00 bits per heavy atom. The Kier molecular flexibility index (Phi) is 3.15. The van der Waals surface area contributed by atoms with E-state index in [2.05, 4.69) is 23.3 Å². The first-order chi connectivity index (χ1) is 8.33. The molecule has 0 amide bonds.